The number of sulfonamides is 1. The van der Waals surface area contributed by atoms with Crippen LogP contribution in [0.4, 0.5) is 5.69 Å². The maximum atomic E-state index is 12.8. The van der Waals surface area contributed by atoms with Crippen molar-refractivity contribution in [2.45, 2.75) is 17.7 Å². The number of hydrogen-bond donors (Lipinski definition) is 1. The second kappa shape index (κ2) is 9.02. The molecule has 0 bridgehead atoms. The first kappa shape index (κ1) is 21.4. The lowest BCUT2D eigenvalue weighted by Gasteiger charge is -2.30. The number of carbonyl (C=O) groups excluding carboxylic acids is 1. The summed E-state index contributed by atoms with van der Waals surface area (Å²) in [5, 5.41) is 3.35. The summed E-state index contributed by atoms with van der Waals surface area (Å²) in [6.07, 6.45) is 0.883. The summed E-state index contributed by atoms with van der Waals surface area (Å²) in [6.45, 7) is 0.561. The van der Waals surface area contributed by atoms with E-state index in [0.717, 1.165) is 0 Å². The van der Waals surface area contributed by atoms with Gasteiger partial charge in [0, 0.05) is 30.1 Å². The van der Waals surface area contributed by atoms with Gasteiger partial charge in [-0.3, -0.25) is 4.79 Å². The number of hydrogen-bond acceptors (Lipinski definition) is 5. The molecule has 7 nitrogen and oxygen atoms in total. The highest BCUT2D eigenvalue weighted by Gasteiger charge is 2.32. The Kier molecular flexibility index (Phi) is 6.66. The molecule has 1 aliphatic rings. The van der Waals surface area contributed by atoms with Crippen molar-refractivity contribution in [1.82, 2.24) is 4.31 Å². The third-order valence-electron chi connectivity index (χ3n) is 4.94. The lowest BCUT2D eigenvalue weighted by Crippen LogP contribution is -2.41. The van der Waals surface area contributed by atoms with Crippen molar-refractivity contribution in [2.24, 2.45) is 5.92 Å². The van der Waals surface area contributed by atoms with Crippen molar-refractivity contribution >= 4 is 33.2 Å². The summed E-state index contributed by atoms with van der Waals surface area (Å²) in [4.78, 5) is 12.9. The molecule has 0 atom stereocenters. The van der Waals surface area contributed by atoms with E-state index in [0.29, 0.717) is 35.1 Å². The summed E-state index contributed by atoms with van der Waals surface area (Å²) < 4.78 is 37.4. The Morgan fingerprint density at radius 2 is 1.72 bits per heavy atom. The van der Waals surface area contributed by atoms with E-state index in [1.54, 1.807) is 37.4 Å². The van der Waals surface area contributed by atoms with E-state index < -0.39 is 10.0 Å². The molecule has 1 amide bonds. The molecule has 0 aliphatic carbocycles. The Morgan fingerprint density at radius 3 is 2.31 bits per heavy atom. The number of rotatable bonds is 6. The zero-order chi connectivity index (χ0) is 21.0. The second-order valence-corrected chi connectivity index (χ2v) is 9.06. The lowest BCUT2D eigenvalue weighted by molar-refractivity contribution is -0.120. The molecular weight excluding hydrogens is 416 g/mol. The van der Waals surface area contributed by atoms with Gasteiger partial charge in [0.2, 0.25) is 15.9 Å². The number of nitrogens with zero attached hydrogens (tertiary/aromatic N) is 1. The Bertz CT molecular complexity index is 971. The molecule has 1 fully saturated rings. The monoisotopic (exact) mass is 438 g/mol. The van der Waals surface area contributed by atoms with Gasteiger partial charge < -0.3 is 14.8 Å². The third-order valence-corrected chi connectivity index (χ3v) is 7.11. The predicted molar refractivity (Wildman–Crippen MR) is 111 cm³/mol. The average Bonchev–Trinajstić information content (AvgIpc) is 2.74. The molecule has 1 aliphatic heterocycles. The van der Waals surface area contributed by atoms with E-state index in [2.05, 4.69) is 5.32 Å². The Balaban J connectivity index is 1.63. The van der Waals surface area contributed by atoms with E-state index in [1.165, 1.54) is 23.5 Å². The minimum Gasteiger partial charge on any atom is -0.497 e. The molecule has 3 rings (SSSR count). The van der Waals surface area contributed by atoms with Gasteiger partial charge in [0.25, 0.3) is 0 Å². The minimum atomic E-state index is -3.60. The second-order valence-electron chi connectivity index (χ2n) is 6.69. The SMILES string of the molecule is COc1ccc(NC(=O)C2CCN(S(=O)(=O)c3ccc(Cl)cc3)CC2)c(OC)c1. The first-order valence-corrected chi connectivity index (χ1v) is 11.0. The van der Waals surface area contributed by atoms with Crippen LogP contribution in [0.25, 0.3) is 0 Å². The molecule has 1 saturated heterocycles. The molecule has 0 radical (unpaired) electrons. The molecule has 9 heteroatoms. The molecule has 156 valence electrons. The van der Waals surface area contributed by atoms with Crippen molar-refractivity contribution < 1.29 is 22.7 Å². The van der Waals surface area contributed by atoms with Gasteiger partial charge in [0.1, 0.15) is 11.5 Å². The van der Waals surface area contributed by atoms with E-state index in [4.69, 9.17) is 21.1 Å². The van der Waals surface area contributed by atoms with Crippen LogP contribution in [-0.2, 0) is 14.8 Å². The van der Waals surface area contributed by atoms with Crippen LogP contribution in [0.5, 0.6) is 11.5 Å². The van der Waals surface area contributed by atoms with Gasteiger partial charge in [-0.25, -0.2) is 8.42 Å². The van der Waals surface area contributed by atoms with Crippen LogP contribution in [0.3, 0.4) is 0 Å². The smallest absolute Gasteiger partial charge is 0.243 e. The number of amides is 1. The summed E-state index contributed by atoms with van der Waals surface area (Å²) in [6, 6.07) is 11.2. The highest BCUT2D eigenvalue weighted by molar-refractivity contribution is 7.89. The van der Waals surface area contributed by atoms with Gasteiger partial charge in [-0.15, -0.1) is 0 Å². The minimum absolute atomic E-state index is 0.156. The molecule has 2 aromatic rings. The van der Waals surface area contributed by atoms with Crippen LogP contribution in [0.15, 0.2) is 47.4 Å². The van der Waals surface area contributed by atoms with Crippen molar-refractivity contribution in [3.05, 3.63) is 47.5 Å². The number of piperidine rings is 1. The molecule has 1 N–H and O–H groups in total. The topological polar surface area (TPSA) is 84.9 Å². The van der Waals surface area contributed by atoms with E-state index >= 15 is 0 Å². The van der Waals surface area contributed by atoms with Gasteiger partial charge in [-0.05, 0) is 49.2 Å². The number of anilines is 1. The molecule has 0 aromatic heterocycles. The van der Waals surface area contributed by atoms with Gasteiger partial charge >= 0.3 is 0 Å². The molecule has 0 unspecified atom stereocenters. The Labute approximate surface area is 175 Å². The van der Waals surface area contributed by atoms with Crippen LogP contribution in [-0.4, -0.2) is 45.9 Å². The molecule has 1 heterocycles. The number of methoxy groups -OCH3 is 2. The zero-order valence-electron chi connectivity index (χ0n) is 16.2. The first-order chi connectivity index (χ1) is 13.8. The Hall–Kier alpha value is -2.29. The van der Waals surface area contributed by atoms with Crippen LogP contribution in [0, 0.1) is 5.92 Å². The number of benzene rings is 2. The fourth-order valence-corrected chi connectivity index (χ4v) is 4.85. The van der Waals surface area contributed by atoms with Crippen LogP contribution in [0.2, 0.25) is 5.02 Å². The van der Waals surface area contributed by atoms with Gasteiger partial charge in [0.15, 0.2) is 0 Å². The summed E-state index contributed by atoms with van der Waals surface area (Å²) in [7, 11) is -0.523. The maximum absolute atomic E-state index is 12.8. The van der Waals surface area contributed by atoms with E-state index in [1.807, 2.05) is 0 Å². The maximum Gasteiger partial charge on any atom is 0.243 e. The number of halogens is 1. The Morgan fingerprint density at radius 1 is 1.07 bits per heavy atom. The predicted octanol–water partition coefficient (Wildman–Crippen LogP) is 3.40. The fraction of sp³-hybridized carbons (Fsp3) is 0.350. The largest absolute Gasteiger partial charge is 0.497 e. The normalized spacial score (nSPS) is 15.7. The quantitative estimate of drug-likeness (QED) is 0.747. The number of carbonyl (C=O) groups is 1. The summed E-state index contributed by atoms with van der Waals surface area (Å²) in [5.74, 6) is 0.691. The lowest BCUT2D eigenvalue weighted by atomic mass is 9.97. The average molecular weight is 439 g/mol. The van der Waals surface area contributed by atoms with Gasteiger partial charge in [0.05, 0.1) is 24.8 Å². The summed E-state index contributed by atoms with van der Waals surface area (Å²) in [5.41, 5.74) is 0.550. The first-order valence-electron chi connectivity index (χ1n) is 9.13. The molecular formula is C20H23ClN2O5S. The van der Waals surface area contributed by atoms with Crippen molar-refractivity contribution in [3.8, 4) is 11.5 Å². The molecule has 29 heavy (non-hydrogen) atoms. The molecule has 2 aromatic carbocycles. The zero-order valence-corrected chi connectivity index (χ0v) is 17.8. The van der Waals surface area contributed by atoms with E-state index in [9.17, 15) is 13.2 Å². The fourth-order valence-electron chi connectivity index (χ4n) is 3.25. The van der Waals surface area contributed by atoms with Crippen LogP contribution < -0.4 is 14.8 Å². The third kappa shape index (κ3) is 4.83. The van der Waals surface area contributed by atoms with Crippen LogP contribution in [0.1, 0.15) is 12.8 Å². The highest BCUT2D eigenvalue weighted by atomic mass is 35.5. The van der Waals surface area contributed by atoms with Crippen LogP contribution >= 0.6 is 11.6 Å². The van der Waals surface area contributed by atoms with Crippen molar-refractivity contribution in [2.75, 3.05) is 32.6 Å². The van der Waals surface area contributed by atoms with Gasteiger partial charge in [-0.1, -0.05) is 11.6 Å². The standard InChI is InChI=1S/C20H23ClN2O5S/c1-27-16-5-8-18(19(13-16)28-2)22-20(24)14-9-11-23(12-10-14)29(25,26)17-6-3-15(21)4-7-17/h3-8,13-14H,9-12H2,1-2H3,(H,22,24). The van der Waals surface area contributed by atoms with Gasteiger partial charge in [-0.2, -0.15) is 4.31 Å². The summed E-state index contributed by atoms with van der Waals surface area (Å²) >= 11 is 5.84. The van der Waals surface area contributed by atoms with Crippen molar-refractivity contribution in [1.29, 1.82) is 0 Å². The number of nitrogens with one attached hydrogen (secondary N) is 1. The molecule has 0 saturated carbocycles. The van der Waals surface area contributed by atoms with E-state index in [-0.39, 0.29) is 29.8 Å². The number of ether oxygens (including phenoxy) is 2. The molecule has 0 spiro atoms. The highest BCUT2D eigenvalue weighted by Crippen LogP contribution is 2.31. The van der Waals surface area contributed by atoms with Crippen molar-refractivity contribution in [3.63, 3.8) is 0 Å².